The molecule has 196 valence electrons. The Morgan fingerprint density at radius 2 is 1.11 bits per heavy atom. The number of anilines is 4. The molecule has 0 radical (unpaired) electrons. The highest BCUT2D eigenvalue weighted by molar-refractivity contribution is 7.81. The quantitative estimate of drug-likeness (QED) is 0.266. The average Bonchev–Trinajstić information content (AvgIpc) is 2.88. The van der Waals surface area contributed by atoms with Crippen molar-refractivity contribution >= 4 is 51.3 Å². The molecule has 0 aromatic heterocycles. The number of nitrogens with zero attached hydrogens (tertiary/aromatic N) is 2. The third-order valence-electron chi connectivity index (χ3n) is 5.56. The predicted octanol–water partition coefficient (Wildman–Crippen LogP) is 5.66. The van der Waals surface area contributed by atoms with Crippen molar-refractivity contribution < 1.29 is 32.2 Å². The molecule has 0 amide bonds. The maximum Gasteiger partial charge on any atom is 0.337 e. The van der Waals surface area contributed by atoms with Gasteiger partial charge in [-0.05, 0) is 80.6 Å². The molecular weight excluding hydrogens is 528 g/mol. The van der Waals surface area contributed by atoms with Gasteiger partial charge in [0, 0.05) is 0 Å². The number of benzene rings is 4. The smallest absolute Gasteiger partial charge is 0.337 e. The molecule has 0 fully saturated rings. The standard InChI is InChI=1S/C27H24N2O7S2/c1-18-3-7-20(8-4-18)28(37(32)33)21-11-13-23(14-12-21)36-24-15-16-26(25(17-24)27(30)31)29(38(34)35)22-9-5-19(2)6-10-22/h3-17H,1-2H3,(H,30,31)(H,32,33)(H,34,35)/p-2. The summed E-state index contributed by atoms with van der Waals surface area (Å²) in [6.45, 7) is 3.75. The normalized spacial score (nSPS) is 12.4. The first-order valence-corrected chi connectivity index (χ1v) is 13.3. The van der Waals surface area contributed by atoms with Gasteiger partial charge in [-0.15, -0.1) is 0 Å². The second-order valence-electron chi connectivity index (χ2n) is 8.27. The molecule has 0 aliphatic carbocycles. The number of ether oxygens (including phenoxy) is 1. The molecule has 4 aromatic carbocycles. The van der Waals surface area contributed by atoms with Gasteiger partial charge in [0.1, 0.15) is 11.5 Å². The van der Waals surface area contributed by atoms with Crippen molar-refractivity contribution in [3.8, 4) is 11.5 Å². The molecule has 4 rings (SSSR count). The number of carbonyl (C=O) groups is 1. The van der Waals surface area contributed by atoms with Crippen molar-refractivity contribution in [1.29, 1.82) is 0 Å². The molecule has 11 heteroatoms. The highest BCUT2D eigenvalue weighted by Crippen LogP contribution is 2.35. The summed E-state index contributed by atoms with van der Waals surface area (Å²) in [4.78, 5) is 12.0. The van der Waals surface area contributed by atoms with Gasteiger partial charge < -0.3 is 18.9 Å². The first-order chi connectivity index (χ1) is 18.1. The van der Waals surface area contributed by atoms with Crippen LogP contribution in [0.5, 0.6) is 11.5 Å². The number of hydrogen-bond donors (Lipinski definition) is 1. The zero-order chi connectivity index (χ0) is 27.4. The van der Waals surface area contributed by atoms with Crippen LogP contribution in [0.1, 0.15) is 21.5 Å². The van der Waals surface area contributed by atoms with Crippen molar-refractivity contribution in [2.24, 2.45) is 0 Å². The Balaban J connectivity index is 1.62. The van der Waals surface area contributed by atoms with E-state index >= 15 is 0 Å². The van der Waals surface area contributed by atoms with Crippen LogP contribution in [0.4, 0.5) is 22.7 Å². The zero-order valence-corrected chi connectivity index (χ0v) is 21.9. The molecule has 0 bridgehead atoms. The molecular formula is C27H22N2O7S2-2. The van der Waals surface area contributed by atoms with Crippen LogP contribution in [0.2, 0.25) is 0 Å². The Hall–Kier alpha value is -4.03. The zero-order valence-electron chi connectivity index (χ0n) is 20.3. The second-order valence-corrected chi connectivity index (χ2v) is 9.87. The molecule has 9 nitrogen and oxygen atoms in total. The molecule has 0 aliphatic heterocycles. The van der Waals surface area contributed by atoms with Crippen LogP contribution in [-0.4, -0.2) is 28.6 Å². The summed E-state index contributed by atoms with van der Waals surface area (Å²) in [5, 5.41) is 9.81. The van der Waals surface area contributed by atoms with Crippen LogP contribution in [0.15, 0.2) is 91.0 Å². The summed E-state index contributed by atoms with van der Waals surface area (Å²) in [5.74, 6) is -0.863. The third-order valence-corrected chi connectivity index (χ3v) is 6.98. The van der Waals surface area contributed by atoms with Gasteiger partial charge in [0.05, 0.1) is 50.8 Å². The maximum atomic E-state index is 12.0. The summed E-state index contributed by atoms with van der Waals surface area (Å²) in [5.41, 5.74) is 2.70. The lowest BCUT2D eigenvalue weighted by molar-refractivity contribution is 0.0697. The van der Waals surface area contributed by atoms with Gasteiger partial charge in [0.15, 0.2) is 0 Å². The fourth-order valence-electron chi connectivity index (χ4n) is 3.70. The van der Waals surface area contributed by atoms with Gasteiger partial charge in [-0.25, -0.2) is 4.79 Å². The van der Waals surface area contributed by atoms with E-state index in [1.165, 1.54) is 18.2 Å². The molecule has 4 aromatic rings. The number of rotatable bonds is 9. The van der Waals surface area contributed by atoms with Crippen LogP contribution < -0.4 is 13.3 Å². The molecule has 0 spiro atoms. The molecule has 0 saturated carbocycles. The van der Waals surface area contributed by atoms with Crippen LogP contribution >= 0.6 is 0 Å². The number of carboxylic acids is 1. The molecule has 2 unspecified atom stereocenters. The van der Waals surface area contributed by atoms with Gasteiger partial charge in [0.25, 0.3) is 0 Å². The Morgan fingerprint density at radius 1 is 0.684 bits per heavy atom. The first kappa shape index (κ1) is 27.0. The van der Waals surface area contributed by atoms with Crippen LogP contribution in [-0.2, 0) is 22.5 Å². The number of hydrogen-bond acceptors (Lipinski definition) is 6. The van der Waals surface area contributed by atoms with Gasteiger partial charge in [-0.3, -0.25) is 17.0 Å². The number of carboxylic acid groups (broad SMARTS) is 1. The number of aromatic carboxylic acids is 1. The molecule has 0 aliphatic rings. The van der Waals surface area contributed by atoms with E-state index in [0.717, 1.165) is 19.7 Å². The van der Waals surface area contributed by atoms with E-state index in [0.29, 0.717) is 17.1 Å². The van der Waals surface area contributed by atoms with E-state index in [9.17, 15) is 27.4 Å². The van der Waals surface area contributed by atoms with Gasteiger partial charge in [-0.1, -0.05) is 35.4 Å². The van der Waals surface area contributed by atoms with Crippen LogP contribution in [0.25, 0.3) is 0 Å². The van der Waals surface area contributed by atoms with Gasteiger partial charge in [0.2, 0.25) is 0 Å². The van der Waals surface area contributed by atoms with E-state index in [1.54, 1.807) is 72.8 Å². The minimum Gasteiger partial charge on any atom is -0.755 e. The SMILES string of the molecule is Cc1ccc(N(c2ccc(Oc3ccc(N(c4ccc(C)cc4)S(=O)[O-])c(C(=O)O)c3)cc2)S(=O)[O-])cc1. The van der Waals surface area contributed by atoms with Crippen molar-refractivity contribution in [3.63, 3.8) is 0 Å². The predicted molar refractivity (Wildman–Crippen MR) is 144 cm³/mol. The molecule has 0 saturated heterocycles. The van der Waals surface area contributed by atoms with E-state index in [2.05, 4.69) is 0 Å². The average molecular weight is 551 g/mol. The summed E-state index contributed by atoms with van der Waals surface area (Å²) < 4.78 is 55.7. The highest BCUT2D eigenvalue weighted by Gasteiger charge is 2.20. The van der Waals surface area contributed by atoms with Crippen LogP contribution in [0, 0.1) is 13.8 Å². The Kier molecular flexibility index (Phi) is 8.23. The molecule has 38 heavy (non-hydrogen) atoms. The second kappa shape index (κ2) is 11.6. The third kappa shape index (κ3) is 6.09. The lowest BCUT2D eigenvalue weighted by Gasteiger charge is -2.28. The van der Waals surface area contributed by atoms with Crippen molar-refractivity contribution in [2.75, 3.05) is 8.61 Å². The molecule has 2 atom stereocenters. The minimum atomic E-state index is -2.79. The fraction of sp³-hybridized carbons (Fsp3) is 0.0741. The molecule has 1 N–H and O–H groups in total. The minimum absolute atomic E-state index is 0.0518. The summed E-state index contributed by atoms with van der Waals surface area (Å²) in [6, 6.07) is 23.8. The van der Waals surface area contributed by atoms with E-state index in [1.807, 2.05) is 13.8 Å². The Morgan fingerprint density at radius 3 is 1.55 bits per heavy atom. The monoisotopic (exact) mass is 550 g/mol. The fourth-order valence-corrected chi connectivity index (χ4v) is 4.90. The Labute approximate surface area is 224 Å². The summed E-state index contributed by atoms with van der Waals surface area (Å²) in [6.07, 6.45) is 0. The Bertz CT molecular complexity index is 1490. The summed E-state index contributed by atoms with van der Waals surface area (Å²) in [7, 11) is 0. The maximum absolute atomic E-state index is 12.0. The van der Waals surface area contributed by atoms with Gasteiger partial charge >= 0.3 is 5.97 Å². The lowest BCUT2D eigenvalue weighted by Crippen LogP contribution is -2.22. The van der Waals surface area contributed by atoms with Crippen molar-refractivity contribution in [1.82, 2.24) is 0 Å². The van der Waals surface area contributed by atoms with Crippen molar-refractivity contribution in [2.45, 2.75) is 13.8 Å². The number of aryl methyl sites for hydroxylation is 2. The van der Waals surface area contributed by atoms with Crippen LogP contribution in [0.3, 0.4) is 0 Å². The first-order valence-electron chi connectivity index (χ1n) is 11.2. The van der Waals surface area contributed by atoms with E-state index < -0.39 is 28.5 Å². The lowest BCUT2D eigenvalue weighted by atomic mass is 10.1. The molecule has 0 heterocycles. The highest BCUT2D eigenvalue weighted by atomic mass is 32.2. The van der Waals surface area contributed by atoms with E-state index in [4.69, 9.17) is 4.74 Å². The van der Waals surface area contributed by atoms with Crippen molar-refractivity contribution in [3.05, 3.63) is 108 Å². The van der Waals surface area contributed by atoms with E-state index in [-0.39, 0.29) is 22.7 Å². The van der Waals surface area contributed by atoms with Gasteiger partial charge in [-0.2, -0.15) is 0 Å². The largest absolute Gasteiger partial charge is 0.755 e. The topological polar surface area (TPSA) is 133 Å². The summed E-state index contributed by atoms with van der Waals surface area (Å²) >= 11 is -5.36.